The maximum absolute atomic E-state index is 13.5. The molecule has 28 heavy (non-hydrogen) atoms. The molecular formula is C18H20BrF3N4O2. The molecule has 3 rings (SSSR count). The molecule has 0 radical (unpaired) electrons. The van der Waals surface area contributed by atoms with E-state index in [2.05, 4.69) is 31.2 Å². The molecule has 0 saturated carbocycles. The predicted octanol–water partition coefficient (Wildman–Crippen LogP) is 2.78. The molecule has 2 aromatic rings. The van der Waals surface area contributed by atoms with Crippen molar-refractivity contribution in [1.29, 1.82) is 0 Å². The highest BCUT2D eigenvalue weighted by molar-refractivity contribution is 9.10. The van der Waals surface area contributed by atoms with E-state index in [4.69, 9.17) is 0 Å². The van der Waals surface area contributed by atoms with Crippen molar-refractivity contribution in [3.8, 4) is 0 Å². The van der Waals surface area contributed by atoms with Crippen molar-refractivity contribution in [2.75, 3.05) is 19.6 Å². The summed E-state index contributed by atoms with van der Waals surface area (Å²) in [6, 6.07) is 3.90. The van der Waals surface area contributed by atoms with Crippen LogP contribution in [-0.2, 0) is 17.5 Å². The number of fused-ring (bicyclic) bond motifs is 1. The van der Waals surface area contributed by atoms with Gasteiger partial charge in [-0.15, -0.1) is 0 Å². The molecule has 0 unspecified atom stereocenters. The number of benzene rings is 1. The maximum atomic E-state index is 13.5. The van der Waals surface area contributed by atoms with E-state index in [-0.39, 0.29) is 16.8 Å². The molecule has 0 aliphatic carbocycles. The zero-order chi connectivity index (χ0) is 20.5. The van der Waals surface area contributed by atoms with Gasteiger partial charge in [-0.2, -0.15) is 18.3 Å². The summed E-state index contributed by atoms with van der Waals surface area (Å²) in [6.07, 6.45) is -3.03. The first-order valence-electron chi connectivity index (χ1n) is 8.98. The molecule has 1 amide bonds. The van der Waals surface area contributed by atoms with Gasteiger partial charge in [-0.3, -0.25) is 9.59 Å². The number of carbonyl (C=O) groups is 1. The van der Waals surface area contributed by atoms with Gasteiger partial charge in [-0.05, 0) is 44.1 Å². The van der Waals surface area contributed by atoms with Crippen molar-refractivity contribution in [1.82, 2.24) is 20.0 Å². The molecule has 1 aliphatic rings. The van der Waals surface area contributed by atoms with Crippen molar-refractivity contribution < 1.29 is 18.0 Å². The minimum absolute atomic E-state index is 0.0876. The normalized spacial score (nSPS) is 18.4. The second-order valence-electron chi connectivity index (χ2n) is 6.80. The molecule has 1 aliphatic heterocycles. The van der Waals surface area contributed by atoms with E-state index in [1.54, 1.807) is 0 Å². The number of hydrogen-bond acceptors (Lipinski definition) is 4. The second-order valence-corrected chi connectivity index (χ2v) is 7.71. The van der Waals surface area contributed by atoms with Gasteiger partial charge in [0.25, 0.3) is 5.56 Å². The predicted molar refractivity (Wildman–Crippen MR) is 102 cm³/mol. The molecule has 1 atom stereocenters. The summed E-state index contributed by atoms with van der Waals surface area (Å²) in [6.45, 7) is 3.97. The number of halogens is 4. The summed E-state index contributed by atoms with van der Waals surface area (Å²) in [4.78, 5) is 27.1. The molecule has 1 saturated heterocycles. The van der Waals surface area contributed by atoms with Crippen LogP contribution >= 0.6 is 15.9 Å². The Kier molecular flexibility index (Phi) is 6.09. The highest BCUT2D eigenvalue weighted by Gasteiger charge is 2.36. The highest BCUT2D eigenvalue weighted by atomic mass is 79.9. The number of piperidine rings is 1. The van der Waals surface area contributed by atoms with E-state index in [9.17, 15) is 22.8 Å². The van der Waals surface area contributed by atoms with Gasteiger partial charge in [0, 0.05) is 22.4 Å². The van der Waals surface area contributed by atoms with Gasteiger partial charge in [-0.1, -0.05) is 22.9 Å². The number of hydrogen-bond donors (Lipinski definition) is 1. The van der Waals surface area contributed by atoms with Crippen LogP contribution in [0.25, 0.3) is 10.8 Å². The lowest BCUT2D eigenvalue weighted by Crippen LogP contribution is -2.49. The van der Waals surface area contributed by atoms with Crippen molar-refractivity contribution >= 4 is 32.6 Å². The van der Waals surface area contributed by atoms with Gasteiger partial charge >= 0.3 is 6.18 Å². The number of likely N-dealkylation sites (tertiary alicyclic amines) is 1. The average molecular weight is 461 g/mol. The fourth-order valence-electron chi connectivity index (χ4n) is 3.44. The third kappa shape index (κ3) is 4.54. The van der Waals surface area contributed by atoms with Gasteiger partial charge < -0.3 is 10.2 Å². The standard InChI is InChI=1S/C18H20BrF3N4O2/c1-2-25-7-3-4-12(9-25)23-15(27)10-26-17(28)13-6-5-11(19)8-14(13)16(24-26)18(20,21)22/h5-6,8,12H,2-4,7,9-10H2,1H3,(H,23,27)/t12-/m1/s1. The molecule has 1 N–H and O–H groups in total. The van der Waals surface area contributed by atoms with Crippen LogP contribution in [0.5, 0.6) is 0 Å². The van der Waals surface area contributed by atoms with Crippen molar-refractivity contribution in [2.24, 2.45) is 0 Å². The highest BCUT2D eigenvalue weighted by Crippen LogP contribution is 2.33. The fraction of sp³-hybridized carbons (Fsp3) is 0.500. The minimum atomic E-state index is -4.75. The van der Waals surface area contributed by atoms with Crippen LogP contribution < -0.4 is 10.9 Å². The molecule has 10 heteroatoms. The van der Waals surface area contributed by atoms with Crippen LogP contribution in [0.3, 0.4) is 0 Å². The van der Waals surface area contributed by atoms with Crippen molar-refractivity contribution in [3.63, 3.8) is 0 Å². The van der Waals surface area contributed by atoms with Gasteiger partial charge in [0.1, 0.15) is 6.54 Å². The smallest absolute Gasteiger partial charge is 0.350 e. The SMILES string of the molecule is CCN1CCC[C@@H](NC(=O)Cn2nc(C(F)(F)F)c3cc(Br)ccc3c2=O)C1. The number of carbonyl (C=O) groups excluding carboxylic acids is 1. The van der Waals surface area contributed by atoms with E-state index >= 15 is 0 Å². The molecule has 1 aromatic heterocycles. The first-order valence-corrected chi connectivity index (χ1v) is 9.77. The lowest BCUT2D eigenvalue weighted by Gasteiger charge is -2.32. The molecule has 1 aromatic carbocycles. The summed E-state index contributed by atoms with van der Waals surface area (Å²) in [5, 5.41) is 5.84. The zero-order valence-corrected chi connectivity index (χ0v) is 16.8. The van der Waals surface area contributed by atoms with Gasteiger partial charge in [0.15, 0.2) is 5.69 Å². The van der Waals surface area contributed by atoms with Crippen molar-refractivity contribution in [2.45, 2.75) is 38.5 Å². The summed E-state index contributed by atoms with van der Waals surface area (Å²) in [7, 11) is 0. The van der Waals surface area contributed by atoms with Crippen LogP contribution in [0.15, 0.2) is 27.5 Å². The Labute approximate surface area is 167 Å². The number of aromatic nitrogens is 2. The van der Waals surface area contributed by atoms with E-state index < -0.39 is 29.9 Å². The van der Waals surface area contributed by atoms with E-state index in [1.165, 1.54) is 18.2 Å². The number of nitrogens with one attached hydrogen (secondary N) is 1. The summed E-state index contributed by atoms with van der Waals surface area (Å²) in [5.74, 6) is -0.526. The second kappa shape index (κ2) is 8.20. The number of alkyl halides is 3. The van der Waals surface area contributed by atoms with Gasteiger partial charge in [0.2, 0.25) is 5.91 Å². The quantitative estimate of drug-likeness (QED) is 0.761. The zero-order valence-electron chi connectivity index (χ0n) is 15.2. The van der Waals surface area contributed by atoms with Crippen LogP contribution in [-0.4, -0.2) is 46.3 Å². The summed E-state index contributed by atoms with van der Waals surface area (Å²) in [5.41, 5.74) is -1.92. The third-order valence-electron chi connectivity index (χ3n) is 4.80. The molecule has 0 bridgehead atoms. The van der Waals surface area contributed by atoms with E-state index in [1.807, 2.05) is 6.92 Å². The van der Waals surface area contributed by atoms with Crippen molar-refractivity contribution in [3.05, 3.63) is 38.7 Å². The van der Waals surface area contributed by atoms with Crippen LogP contribution in [0.1, 0.15) is 25.5 Å². The Morgan fingerprint density at radius 3 is 2.79 bits per heavy atom. The van der Waals surface area contributed by atoms with E-state index in [0.717, 1.165) is 25.9 Å². The number of rotatable bonds is 4. The Morgan fingerprint density at radius 1 is 1.36 bits per heavy atom. The first kappa shape index (κ1) is 20.8. The van der Waals surface area contributed by atoms with E-state index in [0.29, 0.717) is 15.7 Å². The Hall–Kier alpha value is -1.94. The molecular weight excluding hydrogens is 441 g/mol. The average Bonchev–Trinajstić information content (AvgIpc) is 2.63. The number of likely N-dealkylation sites (N-methyl/N-ethyl adjacent to an activating group) is 1. The molecule has 1 fully saturated rings. The lowest BCUT2D eigenvalue weighted by atomic mass is 10.1. The summed E-state index contributed by atoms with van der Waals surface area (Å²) >= 11 is 3.11. The van der Waals surface area contributed by atoms with Crippen LogP contribution in [0.4, 0.5) is 13.2 Å². The topological polar surface area (TPSA) is 67.2 Å². The van der Waals surface area contributed by atoms with Crippen LogP contribution in [0.2, 0.25) is 0 Å². The number of nitrogens with zero attached hydrogens (tertiary/aromatic N) is 3. The molecule has 152 valence electrons. The van der Waals surface area contributed by atoms with Gasteiger partial charge in [0.05, 0.1) is 5.39 Å². The third-order valence-corrected chi connectivity index (χ3v) is 5.30. The number of amides is 1. The molecule has 0 spiro atoms. The minimum Gasteiger partial charge on any atom is -0.350 e. The Bertz CT molecular complexity index is 945. The fourth-order valence-corrected chi connectivity index (χ4v) is 3.81. The molecule has 2 heterocycles. The monoisotopic (exact) mass is 460 g/mol. The Balaban J connectivity index is 1.88. The Morgan fingerprint density at radius 2 is 2.11 bits per heavy atom. The first-order chi connectivity index (χ1) is 13.2. The maximum Gasteiger partial charge on any atom is 0.435 e. The molecule has 6 nitrogen and oxygen atoms in total. The summed E-state index contributed by atoms with van der Waals surface area (Å²) < 4.78 is 41.4. The largest absolute Gasteiger partial charge is 0.435 e. The van der Waals surface area contributed by atoms with Gasteiger partial charge in [-0.25, -0.2) is 4.68 Å². The van der Waals surface area contributed by atoms with Crippen LogP contribution in [0, 0.1) is 0 Å². The lowest BCUT2D eigenvalue weighted by molar-refractivity contribution is -0.141.